The predicted molar refractivity (Wildman–Crippen MR) is 59.6 cm³/mol. The van der Waals surface area contributed by atoms with Crippen LogP contribution in [0.4, 0.5) is 5.69 Å². The van der Waals surface area contributed by atoms with Gasteiger partial charge >= 0.3 is 5.91 Å². The number of amidine groups is 1. The molecule has 1 aliphatic heterocycles. The number of thioether (sulfide) groups is 1. The first-order valence-electron chi connectivity index (χ1n) is 4.39. The highest BCUT2D eigenvalue weighted by atomic mass is 32.2. The number of ether oxygens (including phenoxy) is 1. The van der Waals surface area contributed by atoms with E-state index in [-0.39, 0.29) is 10.9 Å². The molecule has 1 heterocycles. The maximum atomic E-state index is 11.6. The molecule has 1 unspecified atom stereocenters. The number of hydrogen-bond acceptors (Lipinski definition) is 5. The molecule has 0 aliphatic carbocycles. The van der Waals surface area contributed by atoms with Crippen LogP contribution >= 0.6 is 11.8 Å². The largest absolute Gasteiger partial charge is 0.467 e. The first-order chi connectivity index (χ1) is 7.59. The Morgan fingerprint density at radius 3 is 2.94 bits per heavy atom. The minimum Gasteiger partial charge on any atom is -0.467 e. The molecular formula is C9H9N3O3S. The van der Waals surface area contributed by atoms with Gasteiger partial charge in [0, 0.05) is 0 Å². The SMILES string of the molecule is N=C(N)SC1Oc2ccccc2N(O)C1=O. The number of hydroxylamine groups is 1. The second-order valence-corrected chi connectivity index (χ2v) is 4.15. The molecule has 1 aromatic rings. The topological polar surface area (TPSA) is 99.6 Å². The van der Waals surface area contributed by atoms with E-state index in [0.717, 1.165) is 11.8 Å². The zero-order valence-electron chi connectivity index (χ0n) is 8.08. The number of carbonyl (C=O) groups is 1. The number of nitrogens with zero attached hydrogens (tertiary/aromatic N) is 1. The quantitative estimate of drug-likeness (QED) is 0.381. The van der Waals surface area contributed by atoms with Crippen molar-refractivity contribution in [2.45, 2.75) is 5.44 Å². The fourth-order valence-corrected chi connectivity index (χ4v) is 1.89. The molecule has 0 fully saturated rings. The van der Waals surface area contributed by atoms with Gasteiger partial charge in [0.05, 0.1) is 0 Å². The molecule has 6 nitrogen and oxygen atoms in total. The highest BCUT2D eigenvalue weighted by molar-refractivity contribution is 8.14. The number of amides is 1. The first-order valence-corrected chi connectivity index (χ1v) is 5.27. The molecule has 4 N–H and O–H groups in total. The molecule has 0 saturated carbocycles. The lowest BCUT2D eigenvalue weighted by molar-refractivity contribution is -0.128. The summed E-state index contributed by atoms with van der Waals surface area (Å²) < 4.78 is 5.32. The molecule has 1 atom stereocenters. The van der Waals surface area contributed by atoms with Gasteiger partial charge in [0.1, 0.15) is 11.4 Å². The zero-order valence-corrected chi connectivity index (χ0v) is 8.90. The van der Waals surface area contributed by atoms with Gasteiger partial charge in [-0.25, -0.2) is 0 Å². The van der Waals surface area contributed by atoms with Crippen molar-refractivity contribution >= 4 is 28.5 Å². The Labute approximate surface area is 95.5 Å². The van der Waals surface area contributed by atoms with Crippen molar-refractivity contribution in [2.75, 3.05) is 5.06 Å². The molecule has 1 aromatic carbocycles. The molecule has 0 radical (unpaired) electrons. The van der Waals surface area contributed by atoms with Gasteiger partial charge in [0.25, 0.3) is 0 Å². The number of anilines is 1. The average Bonchev–Trinajstić information content (AvgIpc) is 2.25. The van der Waals surface area contributed by atoms with Crippen LogP contribution in [-0.2, 0) is 4.79 Å². The second kappa shape index (κ2) is 4.03. The van der Waals surface area contributed by atoms with Crippen molar-refractivity contribution in [1.82, 2.24) is 0 Å². The van der Waals surface area contributed by atoms with Crippen molar-refractivity contribution in [3.63, 3.8) is 0 Å². The third kappa shape index (κ3) is 1.82. The maximum Gasteiger partial charge on any atom is 0.302 e. The van der Waals surface area contributed by atoms with E-state index in [9.17, 15) is 10.0 Å². The number of carbonyl (C=O) groups excluding carboxylic acids is 1. The summed E-state index contributed by atoms with van der Waals surface area (Å²) in [5.74, 6) is -0.276. The number of hydrogen-bond donors (Lipinski definition) is 3. The van der Waals surface area contributed by atoms with Crippen LogP contribution in [0, 0.1) is 5.41 Å². The predicted octanol–water partition coefficient (Wildman–Crippen LogP) is 0.754. The van der Waals surface area contributed by atoms with Gasteiger partial charge in [-0.1, -0.05) is 12.1 Å². The minimum absolute atomic E-state index is 0.244. The smallest absolute Gasteiger partial charge is 0.302 e. The Morgan fingerprint density at radius 1 is 1.56 bits per heavy atom. The van der Waals surface area contributed by atoms with Crippen LogP contribution in [0.5, 0.6) is 5.75 Å². The van der Waals surface area contributed by atoms with Crippen molar-refractivity contribution in [3.8, 4) is 5.75 Å². The fourth-order valence-electron chi connectivity index (χ4n) is 1.31. The van der Waals surface area contributed by atoms with E-state index in [1.165, 1.54) is 0 Å². The summed E-state index contributed by atoms with van der Waals surface area (Å²) in [7, 11) is 0. The van der Waals surface area contributed by atoms with Crippen LogP contribution < -0.4 is 15.5 Å². The van der Waals surface area contributed by atoms with Gasteiger partial charge in [-0.15, -0.1) is 0 Å². The monoisotopic (exact) mass is 239 g/mol. The third-order valence-corrected chi connectivity index (χ3v) is 2.74. The molecule has 2 rings (SSSR count). The molecule has 0 saturated heterocycles. The van der Waals surface area contributed by atoms with E-state index < -0.39 is 11.3 Å². The van der Waals surface area contributed by atoms with Gasteiger partial charge in [-0.3, -0.25) is 15.4 Å². The Morgan fingerprint density at radius 2 is 2.25 bits per heavy atom. The lowest BCUT2D eigenvalue weighted by atomic mass is 10.2. The number of nitrogens with two attached hydrogens (primary N) is 1. The fraction of sp³-hybridized carbons (Fsp3) is 0.111. The summed E-state index contributed by atoms with van der Waals surface area (Å²) in [5, 5.41) is 16.9. The molecule has 7 heteroatoms. The summed E-state index contributed by atoms with van der Waals surface area (Å²) in [6.07, 6.45) is 0. The highest BCUT2D eigenvalue weighted by Crippen LogP contribution is 2.35. The molecule has 0 spiro atoms. The van der Waals surface area contributed by atoms with Gasteiger partial charge < -0.3 is 10.5 Å². The normalized spacial score (nSPS) is 18.9. The summed E-state index contributed by atoms with van der Waals surface area (Å²) in [6.45, 7) is 0. The van der Waals surface area contributed by atoms with Gasteiger partial charge in [0.15, 0.2) is 5.17 Å². The molecule has 0 bridgehead atoms. The first kappa shape index (κ1) is 10.8. The lowest BCUT2D eigenvalue weighted by Gasteiger charge is -2.29. The van der Waals surface area contributed by atoms with E-state index in [1.807, 2.05) is 0 Å². The van der Waals surface area contributed by atoms with Crippen LogP contribution in [0.1, 0.15) is 0 Å². The van der Waals surface area contributed by atoms with E-state index >= 15 is 0 Å². The Hall–Kier alpha value is -1.73. The van der Waals surface area contributed by atoms with Crippen molar-refractivity contribution in [3.05, 3.63) is 24.3 Å². The Kier molecular flexibility index (Phi) is 2.71. The number of fused-ring (bicyclic) bond motifs is 1. The van der Waals surface area contributed by atoms with Crippen LogP contribution in [0.3, 0.4) is 0 Å². The summed E-state index contributed by atoms with van der Waals surface area (Å²) in [4.78, 5) is 11.6. The summed E-state index contributed by atoms with van der Waals surface area (Å²) >= 11 is 0.738. The maximum absolute atomic E-state index is 11.6. The zero-order chi connectivity index (χ0) is 11.7. The van der Waals surface area contributed by atoms with Crippen molar-refractivity contribution < 1.29 is 14.7 Å². The van der Waals surface area contributed by atoms with E-state index in [2.05, 4.69) is 0 Å². The molecule has 16 heavy (non-hydrogen) atoms. The highest BCUT2D eigenvalue weighted by Gasteiger charge is 2.34. The van der Waals surface area contributed by atoms with Crippen LogP contribution in [-0.4, -0.2) is 21.7 Å². The number of rotatable bonds is 1. The standard InChI is InChI=1S/C9H9N3O3S/c10-9(11)16-8-7(13)12(14)5-3-1-2-4-6(5)15-8/h1-4,8,14H,(H3,10,11). The Bertz CT molecular complexity index is 451. The average molecular weight is 239 g/mol. The minimum atomic E-state index is -1.02. The Balaban J connectivity index is 2.32. The van der Waals surface area contributed by atoms with E-state index in [4.69, 9.17) is 15.9 Å². The van der Waals surface area contributed by atoms with Gasteiger partial charge in [-0.2, -0.15) is 5.06 Å². The van der Waals surface area contributed by atoms with Crippen molar-refractivity contribution in [1.29, 1.82) is 5.41 Å². The number of para-hydroxylation sites is 2. The number of nitrogens with one attached hydrogen (secondary N) is 1. The lowest BCUT2D eigenvalue weighted by Crippen LogP contribution is -2.43. The number of benzene rings is 1. The summed E-state index contributed by atoms with van der Waals surface area (Å²) in [6, 6.07) is 6.58. The van der Waals surface area contributed by atoms with Crippen molar-refractivity contribution in [2.24, 2.45) is 5.73 Å². The van der Waals surface area contributed by atoms with E-state index in [0.29, 0.717) is 10.8 Å². The molecule has 1 aliphatic rings. The van der Waals surface area contributed by atoms with Crippen LogP contribution in [0.25, 0.3) is 0 Å². The molecule has 0 aromatic heterocycles. The van der Waals surface area contributed by atoms with Crippen LogP contribution in [0.2, 0.25) is 0 Å². The van der Waals surface area contributed by atoms with Gasteiger partial charge in [-0.05, 0) is 23.9 Å². The third-order valence-electron chi connectivity index (χ3n) is 1.97. The second-order valence-electron chi connectivity index (χ2n) is 3.05. The van der Waals surface area contributed by atoms with Gasteiger partial charge in [0.2, 0.25) is 5.44 Å². The van der Waals surface area contributed by atoms with E-state index in [1.54, 1.807) is 24.3 Å². The molecular weight excluding hydrogens is 230 g/mol. The summed E-state index contributed by atoms with van der Waals surface area (Å²) in [5.41, 5.74) is 4.43. The molecule has 1 amide bonds. The molecule has 84 valence electrons. The van der Waals surface area contributed by atoms with Crippen LogP contribution in [0.15, 0.2) is 24.3 Å².